The monoisotopic (exact) mass is 533 g/mol. The Labute approximate surface area is 224 Å². The quantitative estimate of drug-likeness (QED) is 0.365. The zero-order chi connectivity index (χ0) is 25.9. The first-order valence-corrected chi connectivity index (χ1v) is 12.9. The molecular formula is C29H25Cl2N3O3. The van der Waals surface area contributed by atoms with Crippen LogP contribution >= 0.6 is 23.2 Å². The molecule has 188 valence electrons. The van der Waals surface area contributed by atoms with Gasteiger partial charge >= 0.3 is 0 Å². The fourth-order valence-corrected chi connectivity index (χ4v) is 6.22. The number of piperazine rings is 1. The lowest BCUT2D eigenvalue weighted by Crippen LogP contribution is -2.67. The van der Waals surface area contributed by atoms with Crippen LogP contribution in [-0.2, 0) is 21.7 Å². The SMILES string of the molecule is COc1ccccc1[C@@H]1CN2C(=O)CN(Cc3ccc(Cl)c(Cl)c3)C(=O)[C@]2(C)c2[nH]c3ccccc3c21. The molecule has 6 rings (SSSR count). The van der Waals surface area contributed by atoms with Gasteiger partial charge < -0.3 is 19.5 Å². The van der Waals surface area contributed by atoms with Gasteiger partial charge in [-0.1, -0.05) is 65.7 Å². The highest BCUT2D eigenvalue weighted by atomic mass is 35.5. The van der Waals surface area contributed by atoms with Gasteiger partial charge in [0, 0.05) is 35.5 Å². The summed E-state index contributed by atoms with van der Waals surface area (Å²) in [5, 5.41) is 1.90. The number of carbonyl (C=O) groups is 2. The number of para-hydroxylation sites is 2. The molecule has 6 nitrogen and oxygen atoms in total. The van der Waals surface area contributed by atoms with Gasteiger partial charge in [-0.25, -0.2) is 0 Å². The van der Waals surface area contributed by atoms with Crippen LogP contribution in [-0.4, -0.2) is 46.8 Å². The van der Waals surface area contributed by atoms with Crippen LogP contribution in [0.4, 0.5) is 0 Å². The van der Waals surface area contributed by atoms with Gasteiger partial charge in [-0.3, -0.25) is 9.59 Å². The largest absolute Gasteiger partial charge is 0.496 e. The number of rotatable bonds is 4. The predicted octanol–water partition coefficient (Wildman–Crippen LogP) is 5.72. The van der Waals surface area contributed by atoms with Crippen molar-refractivity contribution < 1.29 is 14.3 Å². The van der Waals surface area contributed by atoms with Crippen molar-refractivity contribution in [3.63, 3.8) is 0 Å². The van der Waals surface area contributed by atoms with Crippen molar-refractivity contribution in [3.05, 3.63) is 99.2 Å². The van der Waals surface area contributed by atoms with E-state index in [1.54, 1.807) is 29.0 Å². The van der Waals surface area contributed by atoms with E-state index in [-0.39, 0.29) is 30.8 Å². The van der Waals surface area contributed by atoms with Crippen molar-refractivity contribution in [2.24, 2.45) is 0 Å². The first kappa shape index (κ1) is 23.9. The van der Waals surface area contributed by atoms with E-state index in [2.05, 4.69) is 11.1 Å². The third kappa shape index (κ3) is 3.62. The van der Waals surface area contributed by atoms with Crippen LogP contribution in [0.5, 0.6) is 5.75 Å². The Balaban J connectivity index is 1.50. The minimum Gasteiger partial charge on any atom is -0.496 e. The topological polar surface area (TPSA) is 65.6 Å². The number of aromatic amines is 1. The second-order valence-electron chi connectivity index (χ2n) is 9.74. The first-order valence-electron chi connectivity index (χ1n) is 12.1. The number of halogens is 2. The number of nitrogens with zero attached hydrogens (tertiary/aromatic N) is 2. The summed E-state index contributed by atoms with van der Waals surface area (Å²) in [6, 6.07) is 21.2. The molecule has 0 saturated carbocycles. The van der Waals surface area contributed by atoms with Crippen molar-refractivity contribution in [1.29, 1.82) is 0 Å². The second-order valence-corrected chi connectivity index (χ2v) is 10.6. The standard InChI is InChI=1S/C29H25Cl2N3O3/c1-29-27-26(19-8-3-5-9-23(19)32-27)20(18-7-4-6-10-24(18)37-2)15-34(29)25(35)16-33(28(29)36)14-17-11-12-21(30)22(31)13-17/h3-13,20,32H,14-16H2,1-2H3/t20-,29-/m0/s1. The lowest BCUT2D eigenvalue weighted by Gasteiger charge is -2.51. The van der Waals surface area contributed by atoms with Gasteiger partial charge in [-0.15, -0.1) is 0 Å². The number of nitrogens with one attached hydrogen (secondary N) is 1. The molecule has 2 aliphatic heterocycles. The fraction of sp³-hybridized carbons (Fsp3) is 0.241. The average Bonchev–Trinajstić information content (AvgIpc) is 3.30. The predicted molar refractivity (Wildman–Crippen MR) is 144 cm³/mol. The van der Waals surface area contributed by atoms with E-state index < -0.39 is 5.54 Å². The number of hydrogen-bond donors (Lipinski definition) is 1. The Bertz CT molecular complexity index is 1570. The van der Waals surface area contributed by atoms with Crippen LogP contribution in [0, 0.1) is 0 Å². The molecule has 3 aromatic carbocycles. The summed E-state index contributed by atoms with van der Waals surface area (Å²) in [5.74, 6) is 0.355. The summed E-state index contributed by atoms with van der Waals surface area (Å²) in [6.07, 6.45) is 0. The summed E-state index contributed by atoms with van der Waals surface area (Å²) in [7, 11) is 1.65. The fourth-order valence-electron chi connectivity index (χ4n) is 5.90. The summed E-state index contributed by atoms with van der Waals surface area (Å²) in [5.41, 5.74) is 3.31. The Morgan fingerprint density at radius 1 is 1.03 bits per heavy atom. The molecule has 4 aromatic rings. The van der Waals surface area contributed by atoms with Crippen molar-refractivity contribution in [2.45, 2.75) is 24.9 Å². The van der Waals surface area contributed by atoms with Crippen LogP contribution in [0.3, 0.4) is 0 Å². The van der Waals surface area contributed by atoms with Crippen molar-refractivity contribution >= 4 is 45.9 Å². The Hall–Kier alpha value is -3.48. The highest BCUT2D eigenvalue weighted by molar-refractivity contribution is 6.42. The maximum atomic E-state index is 14.2. The van der Waals surface area contributed by atoms with Crippen LogP contribution in [0.25, 0.3) is 10.9 Å². The van der Waals surface area contributed by atoms with Crippen LogP contribution in [0.15, 0.2) is 66.7 Å². The molecular weight excluding hydrogens is 509 g/mol. The van der Waals surface area contributed by atoms with E-state index in [4.69, 9.17) is 27.9 Å². The molecule has 0 bridgehead atoms. The number of hydrogen-bond acceptors (Lipinski definition) is 3. The molecule has 0 aliphatic carbocycles. The Kier molecular flexibility index (Phi) is 5.70. The number of amides is 2. The molecule has 1 aromatic heterocycles. The minimum absolute atomic E-state index is 0.0110. The lowest BCUT2D eigenvalue weighted by molar-refractivity contribution is -0.166. The van der Waals surface area contributed by atoms with Gasteiger partial charge in [-0.05, 0) is 42.3 Å². The third-order valence-electron chi connectivity index (χ3n) is 7.69. The molecule has 1 N–H and O–H groups in total. The normalized spacial score (nSPS) is 21.2. The summed E-state index contributed by atoms with van der Waals surface area (Å²) in [6.45, 7) is 2.47. The number of ether oxygens (including phenoxy) is 1. The van der Waals surface area contributed by atoms with Gasteiger partial charge in [-0.2, -0.15) is 0 Å². The average molecular weight is 534 g/mol. The lowest BCUT2D eigenvalue weighted by atomic mass is 9.76. The van der Waals surface area contributed by atoms with E-state index in [0.717, 1.165) is 39.0 Å². The number of methoxy groups -OCH3 is 1. The number of H-pyrrole nitrogens is 1. The molecule has 2 atom stereocenters. The molecule has 8 heteroatoms. The summed E-state index contributed by atoms with van der Waals surface area (Å²) >= 11 is 12.3. The highest BCUT2D eigenvalue weighted by Gasteiger charge is 2.56. The zero-order valence-electron chi connectivity index (χ0n) is 20.4. The molecule has 1 fully saturated rings. The minimum atomic E-state index is -1.18. The molecule has 0 unspecified atom stereocenters. The molecule has 37 heavy (non-hydrogen) atoms. The van der Waals surface area contributed by atoms with E-state index in [0.29, 0.717) is 16.6 Å². The van der Waals surface area contributed by atoms with Crippen molar-refractivity contribution in [1.82, 2.24) is 14.8 Å². The van der Waals surface area contributed by atoms with Gasteiger partial charge in [0.1, 0.15) is 12.3 Å². The second kappa shape index (κ2) is 8.82. The molecule has 1 saturated heterocycles. The maximum Gasteiger partial charge on any atom is 0.255 e. The molecule has 3 heterocycles. The van der Waals surface area contributed by atoms with Crippen LogP contribution in [0.2, 0.25) is 10.0 Å². The van der Waals surface area contributed by atoms with E-state index in [9.17, 15) is 9.59 Å². The third-order valence-corrected chi connectivity index (χ3v) is 8.43. The van der Waals surface area contributed by atoms with Crippen molar-refractivity contribution in [2.75, 3.05) is 20.2 Å². The number of aromatic nitrogens is 1. The number of carbonyl (C=O) groups excluding carboxylic acids is 2. The summed E-state index contributed by atoms with van der Waals surface area (Å²) in [4.78, 5) is 34.8. The van der Waals surface area contributed by atoms with Gasteiger partial charge in [0.15, 0.2) is 5.54 Å². The van der Waals surface area contributed by atoms with Gasteiger partial charge in [0.05, 0.1) is 22.8 Å². The smallest absolute Gasteiger partial charge is 0.255 e. The summed E-state index contributed by atoms with van der Waals surface area (Å²) < 4.78 is 5.70. The Morgan fingerprint density at radius 3 is 2.57 bits per heavy atom. The molecule has 2 aliphatic rings. The number of fused-ring (bicyclic) bond motifs is 5. The number of benzene rings is 3. The first-order chi connectivity index (χ1) is 17.8. The van der Waals surface area contributed by atoms with E-state index >= 15 is 0 Å². The molecule has 0 spiro atoms. The van der Waals surface area contributed by atoms with Crippen LogP contribution in [0.1, 0.15) is 35.2 Å². The molecule has 2 amide bonds. The van der Waals surface area contributed by atoms with Crippen molar-refractivity contribution in [3.8, 4) is 5.75 Å². The van der Waals surface area contributed by atoms with Crippen LogP contribution < -0.4 is 4.74 Å². The van der Waals surface area contributed by atoms with E-state index in [1.165, 1.54) is 0 Å². The zero-order valence-corrected chi connectivity index (χ0v) is 21.9. The molecule has 0 radical (unpaired) electrons. The van der Waals surface area contributed by atoms with Gasteiger partial charge in [0.25, 0.3) is 5.91 Å². The highest BCUT2D eigenvalue weighted by Crippen LogP contribution is 2.49. The van der Waals surface area contributed by atoms with E-state index in [1.807, 2.05) is 55.5 Å². The maximum absolute atomic E-state index is 14.2. The Morgan fingerprint density at radius 2 is 1.78 bits per heavy atom. The van der Waals surface area contributed by atoms with Gasteiger partial charge in [0.2, 0.25) is 5.91 Å².